The molecule has 2 aromatic rings. The number of alkyl halides is 1. The Kier molecular flexibility index (Phi) is 3.23. The lowest BCUT2D eigenvalue weighted by Gasteiger charge is -2.14. The number of para-hydroxylation sites is 1. The molecule has 1 aliphatic rings. The molecule has 3 rings (SSSR count). The van der Waals surface area contributed by atoms with E-state index >= 15 is 0 Å². The summed E-state index contributed by atoms with van der Waals surface area (Å²) in [5.74, 6) is 1.28. The van der Waals surface area contributed by atoms with Crippen LogP contribution in [0.2, 0.25) is 5.02 Å². The monoisotopic (exact) mass is 318 g/mol. The van der Waals surface area contributed by atoms with Gasteiger partial charge in [0.15, 0.2) is 9.84 Å². The molecule has 4 nitrogen and oxygen atoms in total. The average Bonchev–Trinajstić information content (AvgIpc) is 2.90. The molecule has 1 unspecified atom stereocenters. The van der Waals surface area contributed by atoms with E-state index in [9.17, 15) is 8.42 Å². The number of aromatic nitrogens is 2. The Hall–Kier alpha value is -0.780. The summed E-state index contributed by atoms with van der Waals surface area (Å²) in [6.07, 6.45) is 0.601. The summed E-state index contributed by atoms with van der Waals surface area (Å²) in [6.45, 7) is 0. The zero-order chi connectivity index (χ0) is 13.6. The van der Waals surface area contributed by atoms with Gasteiger partial charge >= 0.3 is 0 Å². The Morgan fingerprint density at radius 1 is 1.42 bits per heavy atom. The highest BCUT2D eigenvalue weighted by molar-refractivity contribution is 7.91. The van der Waals surface area contributed by atoms with Gasteiger partial charge in [0.2, 0.25) is 0 Å². The van der Waals surface area contributed by atoms with E-state index in [1.807, 2.05) is 16.7 Å². The first kappa shape index (κ1) is 13.2. The number of imidazole rings is 1. The molecule has 102 valence electrons. The third-order valence-corrected chi connectivity index (χ3v) is 5.73. The van der Waals surface area contributed by atoms with Crippen molar-refractivity contribution in [3.63, 3.8) is 0 Å². The van der Waals surface area contributed by atoms with Gasteiger partial charge in [-0.1, -0.05) is 17.7 Å². The minimum Gasteiger partial charge on any atom is -0.323 e. The van der Waals surface area contributed by atoms with Crippen molar-refractivity contribution in [3.05, 3.63) is 29.0 Å². The summed E-state index contributed by atoms with van der Waals surface area (Å²) >= 11 is 12.1. The van der Waals surface area contributed by atoms with Crippen LogP contribution in [0, 0.1) is 0 Å². The average molecular weight is 319 g/mol. The molecular weight excluding hydrogens is 307 g/mol. The van der Waals surface area contributed by atoms with Crippen LogP contribution in [0.3, 0.4) is 0 Å². The Balaban J connectivity index is 2.20. The highest BCUT2D eigenvalue weighted by Crippen LogP contribution is 2.32. The molecule has 0 spiro atoms. The minimum absolute atomic E-state index is 0.0952. The van der Waals surface area contributed by atoms with E-state index in [2.05, 4.69) is 4.98 Å². The zero-order valence-electron chi connectivity index (χ0n) is 10.0. The maximum absolute atomic E-state index is 11.6. The zero-order valence-corrected chi connectivity index (χ0v) is 12.3. The van der Waals surface area contributed by atoms with E-state index in [1.165, 1.54) is 0 Å². The van der Waals surface area contributed by atoms with Crippen LogP contribution in [0.1, 0.15) is 18.3 Å². The van der Waals surface area contributed by atoms with Gasteiger partial charge < -0.3 is 4.57 Å². The summed E-state index contributed by atoms with van der Waals surface area (Å²) in [5.41, 5.74) is 1.54. The van der Waals surface area contributed by atoms with E-state index in [-0.39, 0.29) is 23.4 Å². The fourth-order valence-electron chi connectivity index (χ4n) is 2.61. The molecular formula is C12H12Cl2N2O2S. The molecule has 1 saturated heterocycles. The van der Waals surface area contributed by atoms with Crippen LogP contribution in [0.4, 0.5) is 0 Å². The summed E-state index contributed by atoms with van der Waals surface area (Å²) in [7, 11) is -2.95. The van der Waals surface area contributed by atoms with Crippen LogP contribution >= 0.6 is 23.2 Å². The summed E-state index contributed by atoms with van der Waals surface area (Å²) in [5, 5.41) is 0.559. The molecule has 0 radical (unpaired) electrons. The Morgan fingerprint density at radius 2 is 2.21 bits per heavy atom. The Bertz CT molecular complexity index is 740. The first-order valence-corrected chi connectivity index (χ1v) is 8.67. The number of rotatable bonds is 2. The number of hydrogen-bond acceptors (Lipinski definition) is 3. The smallest absolute Gasteiger partial charge is 0.152 e. The Labute approximate surface area is 121 Å². The van der Waals surface area contributed by atoms with Crippen molar-refractivity contribution in [1.29, 1.82) is 0 Å². The number of sulfone groups is 1. The van der Waals surface area contributed by atoms with Crippen molar-refractivity contribution in [2.24, 2.45) is 0 Å². The van der Waals surface area contributed by atoms with E-state index in [1.54, 1.807) is 6.07 Å². The molecule has 1 aliphatic heterocycles. The van der Waals surface area contributed by atoms with Gasteiger partial charge in [-0.3, -0.25) is 0 Å². The third-order valence-electron chi connectivity index (χ3n) is 3.44. The molecule has 19 heavy (non-hydrogen) atoms. The van der Waals surface area contributed by atoms with E-state index in [0.29, 0.717) is 22.8 Å². The van der Waals surface area contributed by atoms with Gasteiger partial charge in [-0.25, -0.2) is 13.4 Å². The van der Waals surface area contributed by atoms with E-state index < -0.39 is 9.84 Å². The van der Waals surface area contributed by atoms with Crippen LogP contribution in [0.25, 0.3) is 11.0 Å². The highest BCUT2D eigenvalue weighted by Gasteiger charge is 2.31. The van der Waals surface area contributed by atoms with Gasteiger partial charge in [-0.05, 0) is 18.6 Å². The number of hydrogen-bond donors (Lipinski definition) is 0. The van der Waals surface area contributed by atoms with Crippen molar-refractivity contribution in [2.45, 2.75) is 18.3 Å². The second-order valence-corrected chi connectivity index (χ2v) is 7.60. The number of halogens is 2. The van der Waals surface area contributed by atoms with Crippen molar-refractivity contribution in [2.75, 3.05) is 11.5 Å². The largest absolute Gasteiger partial charge is 0.323 e. The molecule has 0 bridgehead atoms. The third kappa shape index (κ3) is 2.24. The van der Waals surface area contributed by atoms with Gasteiger partial charge in [0, 0.05) is 0 Å². The lowest BCUT2D eigenvalue weighted by molar-refractivity contribution is 0.554. The minimum atomic E-state index is -2.95. The van der Waals surface area contributed by atoms with Gasteiger partial charge in [0.1, 0.15) is 11.3 Å². The van der Waals surface area contributed by atoms with Crippen LogP contribution in [-0.4, -0.2) is 29.5 Å². The molecule has 1 aromatic carbocycles. The summed E-state index contributed by atoms with van der Waals surface area (Å²) in [4.78, 5) is 4.43. The standard InChI is InChI=1S/C12H12Cl2N2O2S/c13-6-11-15-12-9(14)2-1-3-10(12)16(11)8-4-5-19(17,18)7-8/h1-3,8H,4-7H2. The lowest BCUT2D eigenvalue weighted by atomic mass is 10.2. The topological polar surface area (TPSA) is 52.0 Å². The molecule has 7 heteroatoms. The van der Waals surface area contributed by atoms with Crippen LogP contribution in [0.5, 0.6) is 0 Å². The van der Waals surface area contributed by atoms with Crippen molar-refractivity contribution >= 4 is 44.1 Å². The van der Waals surface area contributed by atoms with Crippen molar-refractivity contribution in [3.8, 4) is 0 Å². The molecule has 1 fully saturated rings. The van der Waals surface area contributed by atoms with Crippen LogP contribution < -0.4 is 0 Å². The first-order chi connectivity index (χ1) is 9.02. The normalized spacial score (nSPS) is 22.1. The van der Waals surface area contributed by atoms with Gasteiger partial charge in [0.25, 0.3) is 0 Å². The second-order valence-electron chi connectivity index (χ2n) is 4.70. The van der Waals surface area contributed by atoms with Gasteiger partial charge in [0.05, 0.1) is 34.0 Å². The quantitative estimate of drug-likeness (QED) is 0.800. The summed E-state index contributed by atoms with van der Waals surface area (Å²) < 4.78 is 25.2. The summed E-state index contributed by atoms with van der Waals surface area (Å²) in [6, 6.07) is 5.41. The SMILES string of the molecule is O=S1(=O)CCC(n2c(CCl)nc3c(Cl)cccc32)C1. The molecule has 1 atom stereocenters. The van der Waals surface area contributed by atoms with Gasteiger partial charge in [-0.2, -0.15) is 0 Å². The fourth-order valence-corrected chi connectivity index (χ4v) is 4.71. The van der Waals surface area contributed by atoms with Gasteiger partial charge in [-0.15, -0.1) is 11.6 Å². The fraction of sp³-hybridized carbons (Fsp3) is 0.417. The highest BCUT2D eigenvalue weighted by atomic mass is 35.5. The molecule has 2 heterocycles. The number of nitrogens with zero attached hydrogens (tertiary/aromatic N) is 2. The van der Waals surface area contributed by atoms with Crippen molar-refractivity contribution < 1.29 is 8.42 Å². The second kappa shape index (κ2) is 4.65. The van der Waals surface area contributed by atoms with E-state index in [0.717, 1.165) is 5.52 Å². The molecule has 1 aromatic heterocycles. The maximum atomic E-state index is 11.6. The van der Waals surface area contributed by atoms with E-state index in [4.69, 9.17) is 23.2 Å². The first-order valence-electron chi connectivity index (χ1n) is 5.93. The Morgan fingerprint density at radius 3 is 2.84 bits per heavy atom. The predicted molar refractivity (Wildman–Crippen MR) is 76.6 cm³/mol. The molecule has 0 saturated carbocycles. The number of fused-ring (bicyclic) bond motifs is 1. The molecule has 0 aliphatic carbocycles. The molecule has 0 amide bonds. The van der Waals surface area contributed by atoms with Crippen LogP contribution in [0.15, 0.2) is 18.2 Å². The number of benzene rings is 1. The van der Waals surface area contributed by atoms with Crippen LogP contribution in [-0.2, 0) is 15.7 Å². The maximum Gasteiger partial charge on any atom is 0.152 e. The lowest BCUT2D eigenvalue weighted by Crippen LogP contribution is -2.13. The molecule has 0 N–H and O–H groups in total. The predicted octanol–water partition coefficient (Wildman–Crippen LogP) is 2.79. The van der Waals surface area contributed by atoms with Crippen molar-refractivity contribution in [1.82, 2.24) is 9.55 Å².